The van der Waals surface area contributed by atoms with E-state index in [4.69, 9.17) is 9.84 Å². The highest BCUT2D eigenvalue weighted by Crippen LogP contribution is 2.26. The average molecular weight is 215 g/mol. The van der Waals surface area contributed by atoms with Gasteiger partial charge in [-0.15, -0.1) is 0 Å². The molecule has 1 heterocycles. The van der Waals surface area contributed by atoms with Crippen molar-refractivity contribution in [2.45, 2.75) is 39.3 Å². The zero-order chi connectivity index (χ0) is 11.4. The molecule has 1 rings (SSSR count). The fraction of sp³-hybridized carbons (Fsp3) is 0.909. The molecule has 4 heteroatoms. The van der Waals surface area contributed by atoms with Gasteiger partial charge in [0, 0.05) is 18.7 Å². The summed E-state index contributed by atoms with van der Waals surface area (Å²) in [6.45, 7) is 8.33. The van der Waals surface area contributed by atoms with Crippen LogP contribution in [0.15, 0.2) is 0 Å². The molecule has 0 aromatic heterocycles. The van der Waals surface area contributed by atoms with Gasteiger partial charge in [0.1, 0.15) is 0 Å². The van der Waals surface area contributed by atoms with Gasteiger partial charge < -0.3 is 9.84 Å². The van der Waals surface area contributed by atoms with Crippen molar-refractivity contribution in [3.05, 3.63) is 0 Å². The van der Waals surface area contributed by atoms with Crippen molar-refractivity contribution >= 4 is 5.97 Å². The summed E-state index contributed by atoms with van der Waals surface area (Å²) in [4.78, 5) is 13.2. The van der Waals surface area contributed by atoms with E-state index in [-0.39, 0.29) is 12.0 Å². The number of carboxylic acids is 1. The lowest BCUT2D eigenvalue weighted by molar-refractivity contribution is -0.142. The molecule has 0 bridgehead atoms. The number of likely N-dealkylation sites (tertiary alicyclic amines) is 1. The minimum atomic E-state index is -0.673. The Hall–Kier alpha value is -0.610. The van der Waals surface area contributed by atoms with Crippen LogP contribution >= 0.6 is 0 Å². The number of hydrogen-bond acceptors (Lipinski definition) is 3. The maximum atomic E-state index is 10.9. The highest BCUT2D eigenvalue weighted by Gasteiger charge is 2.37. The van der Waals surface area contributed by atoms with E-state index in [1.54, 1.807) is 0 Å². The van der Waals surface area contributed by atoms with Crippen molar-refractivity contribution in [2.75, 3.05) is 19.8 Å². The van der Waals surface area contributed by atoms with Crippen LogP contribution in [0.5, 0.6) is 0 Å². The van der Waals surface area contributed by atoms with Gasteiger partial charge in [-0.2, -0.15) is 0 Å². The molecule has 15 heavy (non-hydrogen) atoms. The molecule has 0 aromatic carbocycles. The molecule has 3 atom stereocenters. The van der Waals surface area contributed by atoms with Gasteiger partial charge in [-0.3, -0.25) is 9.69 Å². The molecule has 3 unspecified atom stereocenters. The normalized spacial score (nSPS) is 29.3. The number of nitrogens with zero attached hydrogens (tertiary/aromatic N) is 1. The minimum Gasteiger partial charge on any atom is -0.481 e. The van der Waals surface area contributed by atoms with Crippen molar-refractivity contribution in [3.63, 3.8) is 0 Å². The van der Waals surface area contributed by atoms with E-state index in [0.717, 1.165) is 19.6 Å². The van der Waals surface area contributed by atoms with Gasteiger partial charge >= 0.3 is 5.97 Å². The van der Waals surface area contributed by atoms with Gasteiger partial charge in [0.25, 0.3) is 0 Å². The van der Waals surface area contributed by atoms with Crippen LogP contribution in [0.3, 0.4) is 0 Å². The molecule has 0 aromatic rings. The maximum Gasteiger partial charge on any atom is 0.308 e. The smallest absolute Gasteiger partial charge is 0.308 e. The lowest BCUT2D eigenvalue weighted by atomic mass is 10.0. The summed E-state index contributed by atoms with van der Waals surface area (Å²) in [5.41, 5.74) is 0. The monoisotopic (exact) mass is 215 g/mol. The predicted molar refractivity (Wildman–Crippen MR) is 57.9 cm³/mol. The summed E-state index contributed by atoms with van der Waals surface area (Å²) < 4.78 is 5.36. The minimum absolute atomic E-state index is 0.123. The summed E-state index contributed by atoms with van der Waals surface area (Å²) in [5, 5.41) is 9.00. The molecule has 1 aliphatic heterocycles. The lowest BCUT2D eigenvalue weighted by Gasteiger charge is -2.29. The van der Waals surface area contributed by atoms with Gasteiger partial charge in [0.15, 0.2) is 0 Å². The zero-order valence-corrected chi connectivity index (χ0v) is 9.77. The van der Waals surface area contributed by atoms with Crippen molar-refractivity contribution < 1.29 is 14.6 Å². The Morgan fingerprint density at radius 3 is 2.80 bits per heavy atom. The van der Waals surface area contributed by atoms with E-state index in [2.05, 4.69) is 11.8 Å². The second kappa shape index (κ2) is 5.47. The van der Waals surface area contributed by atoms with E-state index < -0.39 is 5.97 Å². The number of aliphatic carboxylic acids is 1. The van der Waals surface area contributed by atoms with Crippen LogP contribution in [0, 0.1) is 5.92 Å². The average Bonchev–Trinajstić information content (AvgIpc) is 2.56. The Kier molecular flexibility index (Phi) is 4.54. The van der Waals surface area contributed by atoms with Gasteiger partial charge in [-0.05, 0) is 33.7 Å². The molecule has 0 saturated carbocycles. The highest BCUT2D eigenvalue weighted by atomic mass is 16.5. The van der Waals surface area contributed by atoms with Crippen LogP contribution in [0.25, 0.3) is 0 Å². The first-order chi connectivity index (χ1) is 7.07. The van der Waals surface area contributed by atoms with Crippen LogP contribution in [0.1, 0.15) is 27.2 Å². The fourth-order valence-electron chi connectivity index (χ4n) is 2.30. The molecule has 0 spiro atoms. The quantitative estimate of drug-likeness (QED) is 0.749. The van der Waals surface area contributed by atoms with Crippen LogP contribution in [-0.2, 0) is 9.53 Å². The van der Waals surface area contributed by atoms with E-state index >= 15 is 0 Å². The molecular formula is C11H21NO3. The third-order valence-corrected chi connectivity index (χ3v) is 3.25. The molecule has 0 radical (unpaired) electrons. The van der Waals surface area contributed by atoms with Crippen LogP contribution in [0.4, 0.5) is 0 Å². The fourth-order valence-corrected chi connectivity index (χ4v) is 2.30. The summed E-state index contributed by atoms with van der Waals surface area (Å²) in [7, 11) is 0. The first-order valence-electron chi connectivity index (χ1n) is 5.64. The van der Waals surface area contributed by atoms with Crippen molar-refractivity contribution in [1.29, 1.82) is 0 Å². The van der Waals surface area contributed by atoms with Crippen molar-refractivity contribution in [2.24, 2.45) is 5.92 Å². The molecule has 0 aliphatic carbocycles. The highest BCUT2D eigenvalue weighted by molar-refractivity contribution is 5.71. The molecule has 1 N–H and O–H groups in total. The van der Waals surface area contributed by atoms with Crippen molar-refractivity contribution in [3.8, 4) is 0 Å². The number of rotatable bonds is 5. The molecular weight excluding hydrogens is 194 g/mol. The van der Waals surface area contributed by atoms with Gasteiger partial charge in [0.2, 0.25) is 0 Å². The molecule has 0 amide bonds. The van der Waals surface area contributed by atoms with Crippen LogP contribution < -0.4 is 0 Å². The van der Waals surface area contributed by atoms with E-state index in [0.29, 0.717) is 12.6 Å². The van der Waals surface area contributed by atoms with Gasteiger partial charge in [-0.1, -0.05) is 0 Å². The SMILES string of the molecule is CCOCC(C)N1CCC(C(=O)O)C1C. The Labute approximate surface area is 91.2 Å². The van der Waals surface area contributed by atoms with Crippen LogP contribution in [0.2, 0.25) is 0 Å². The first-order valence-corrected chi connectivity index (χ1v) is 5.64. The number of hydrogen-bond donors (Lipinski definition) is 1. The molecule has 4 nitrogen and oxygen atoms in total. The van der Waals surface area contributed by atoms with E-state index in [1.807, 2.05) is 13.8 Å². The summed E-state index contributed by atoms with van der Waals surface area (Å²) >= 11 is 0. The number of ether oxygens (including phenoxy) is 1. The maximum absolute atomic E-state index is 10.9. The summed E-state index contributed by atoms with van der Waals surface area (Å²) in [6, 6.07) is 0.433. The molecule has 88 valence electrons. The Balaban J connectivity index is 2.47. The second-order valence-corrected chi connectivity index (χ2v) is 4.22. The third kappa shape index (κ3) is 2.92. The third-order valence-electron chi connectivity index (χ3n) is 3.25. The van der Waals surface area contributed by atoms with E-state index in [1.165, 1.54) is 0 Å². The van der Waals surface area contributed by atoms with Gasteiger partial charge in [-0.25, -0.2) is 0 Å². The lowest BCUT2D eigenvalue weighted by Crippen LogP contribution is -2.41. The Morgan fingerprint density at radius 1 is 1.67 bits per heavy atom. The van der Waals surface area contributed by atoms with Crippen molar-refractivity contribution in [1.82, 2.24) is 4.90 Å². The zero-order valence-electron chi connectivity index (χ0n) is 9.77. The standard InChI is InChI=1S/C11H21NO3/c1-4-15-7-8(2)12-6-5-10(9(12)3)11(13)14/h8-10H,4-7H2,1-3H3,(H,13,14). The summed E-state index contributed by atoms with van der Waals surface area (Å²) in [6.07, 6.45) is 0.757. The van der Waals surface area contributed by atoms with Gasteiger partial charge in [0.05, 0.1) is 12.5 Å². The topological polar surface area (TPSA) is 49.8 Å². The molecule has 1 saturated heterocycles. The largest absolute Gasteiger partial charge is 0.481 e. The number of carbonyl (C=O) groups is 1. The molecule has 1 fully saturated rings. The summed E-state index contributed by atoms with van der Waals surface area (Å²) in [5.74, 6) is -0.886. The first kappa shape index (κ1) is 12.5. The van der Waals surface area contributed by atoms with E-state index in [9.17, 15) is 4.79 Å². The molecule has 1 aliphatic rings. The number of carboxylic acid groups (broad SMARTS) is 1. The second-order valence-electron chi connectivity index (χ2n) is 4.22. The predicted octanol–water partition coefficient (Wildman–Crippen LogP) is 1.21. The Morgan fingerprint density at radius 2 is 2.33 bits per heavy atom. The Bertz CT molecular complexity index is 220. The van der Waals surface area contributed by atoms with Crippen LogP contribution in [-0.4, -0.2) is 47.8 Å².